The Morgan fingerprint density at radius 3 is 2.48 bits per heavy atom. The zero-order valence-corrected chi connectivity index (χ0v) is 19.2. The van der Waals surface area contributed by atoms with Crippen molar-refractivity contribution >= 4 is 17.8 Å². The zero-order valence-electron chi connectivity index (χ0n) is 19.2. The van der Waals surface area contributed by atoms with Crippen molar-refractivity contribution < 1.29 is 28.9 Å². The number of Topliss-reactive ketones (excluding diaryl/α,β-unsaturated/α-hetero) is 1. The highest BCUT2D eigenvalue weighted by Crippen LogP contribution is 2.52. The summed E-state index contributed by atoms with van der Waals surface area (Å²) in [4.78, 5) is 47.1. The van der Waals surface area contributed by atoms with Crippen molar-refractivity contribution in [2.75, 3.05) is 33.4 Å². The summed E-state index contributed by atoms with van der Waals surface area (Å²) < 4.78 is 4.54. The zero-order chi connectivity index (χ0) is 22.5. The van der Waals surface area contributed by atoms with E-state index in [4.69, 9.17) is 9.78 Å². The van der Waals surface area contributed by atoms with Crippen LogP contribution in [0, 0.1) is 17.3 Å². The monoisotopic (exact) mass is 440 g/mol. The van der Waals surface area contributed by atoms with E-state index in [9.17, 15) is 14.4 Å². The summed E-state index contributed by atoms with van der Waals surface area (Å²) in [5.74, 6) is 0.406. The molecule has 0 aromatic carbocycles. The molecule has 0 saturated heterocycles. The largest absolute Gasteiger partial charge is 0.453 e. The van der Waals surface area contributed by atoms with Crippen molar-refractivity contribution in [2.45, 2.75) is 77.6 Å². The van der Waals surface area contributed by atoms with Crippen molar-refractivity contribution in [3.63, 3.8) is 0 Å². The van der Waals surface area contributed by atoms with Crippen LogP contribution in [0.3, 0.4) is 0 Å². The number of carbonyl (C=O) groups excluding carboxylic acids is 3. The van der Waals surface area contributed by atoms with E-state index in [0.717, 1.165) is 51.4 Å². The maximum atomic E-state index is 13.3. The first-order valence-electron chi connectivity index (χ1n) is 11.9. The van der Waals surface area contributed by atoms with E-state index in [1.54, 1.807) is 0 Å². The van der Waals surface area contributed by atoms with Gasteiger partial charge in [-0.2, -0.15) is 0 Å². The first kappa shape index (κ1) is 25.6. The summed E-state index contributed by atoms with van der Waals surface area (Å²) in [5, 5.41) is 5.85. The summed E-state index contributed by atoms with van der Waals surface area (Å²) in [6.07, 6.45) is 9.10. The third-order valence-electron chi connectivity index (χ3n) is 6.82. The van der Waals surface area contributed by atoms with Gasteiger partial charge in [-0.25, -0.2) is 14.6 Å². The minimum atomic E-state index is -0.410. The van der Waals surface area contributed by atoms with Crippen LogP contribution >= 0.6 is 0 Å². The average Bonchev–Trinajstić information content (AvgIpc) is 2.79. The number of hydrogen-bond donors (Lipinski definition) is 2. The predicted octanol–water partition coefficient (Wildman–Crippen LogP) is 3.53. The lowest BCUT2D eigenvalue weighted by atomic mass is 9.54. The number of alkyl carbamates (subject to hydrolysis) is 1. The van der Waals surface area contributed by atoms with E-state index < -0.39 is 11.5 Å². The van der Waals surface area contributed by atoms with Crippen LogP contribution in [0.1, 0.15) is 77.6 Å². The molecule has 2 aliphatic carbocycles. The van der Waals surface area contributed by atoms with Crippen LogP contribution < -0.4 is 10.6 Å². The summed E-state index contributed by atoms with van der Waals surface area (Å²) in [6, 6.07) is 0. The smallest absolute Gasteiger partial charge is 0.406 e. The van der Waals surface area contributed by atoms with E-state index in [1.165, 1.54) is 7.11 Å². The van der Waals surface area contributed by atoms with Crippen LogP contribution in [0.5, 0.6) is 0 Å². The molecule has 2 rings (SSSR count). The molecule has 8 nitrogen and oxygen atoms in total. The molecular weight excluding hydrogens is 400 g/mol. The van der Waals surface area contributed by atoms with E-state index in [0.29, 0.717) is 45.6 Å². The van der Waals surface area contributed by atoms with Gasteiger partial charge in [0.05, 0.1) is 25.7 Å². The lowest BCUT2D eigenvalue weighted by molar-refractivity contribution is -0.293. The Hall–Kier alpha value is -1.67. The van der Waals surface area contributed by atoms with E-state index >= 15 is 0 Å². The molecule has 2 fully saturated rings. The molecular formula is C23H40N2O6. The summed E-state index contributed by atoms with van der Waals surface area (Å²) >= 11 is 0. The van der Waals surface area contributed by atoms with Gasteiger partial charge in [-0.1, -0.05) is 25.7 Å². The maximum absolute atomic E-state index is 13.3. The summed E-state index contributed by atoms with van der Waals surface area (Å²) in [6.45, 7) is 4.00. The maximum Gasteiger partial charge on any atom is 0.406 e. The molecule has 2 N–H and O–H groups in total. The van der Waals surface area contributed by atoms with E-state index in [-0.39, 0.29) is 23.5 Å². The number of hydrogen-bond acceptors (Lipinski definition) is 6. The minimum absolute atomic E-state index is 0.108. The fourth-order valence-electron chi connectivity index (χ4n) is 5.24. The van der Waals surface area contributed by atoms with Gasteiger partial charge in [0.2, 0.25) is 5.91 Å². The van der Waals surface area contributed by atoms with Crippen molar-refractivity contribution in [2.24, 2.45) is 17.3 Å². The first-order valence-corrected chi connectivity index (χ1v) is 11.9. The van der Waals surface area contributed by atoms with Crippen LogP contribution in [0.4, 0.5) is 4.79 Å². The molecule has 0 aliphatic heterocycles. The number of fused-ring (bicyclic) bond motifs is 1. The number of nitrogens with one attached hydrogen (secondary N) is 2. The molecule has 178 valence electrons. The molecule has 2 saturated carbocycles. The molecule has 0 spiro atoms. The first-order chi connectivity index (χ1) is 15.0. The molecule has 31 heavy (non-hydrogen) atoms. The minimum Gasteiger partial charge on any atom is -0.453 e. The standard InChI is InChI=1S/C23H40N2O6/c1-3-30-31-17-12-18-19-10-6-7-13-23(19,14-11-20(18)26)21(27)24-15-8-4-5-9-16-25-22(28)29-2/h18-19H,3-17H2,1-2H3,(H,24,27)(H,25,28)/t18-,19-,23+/m1/s1. The second-order valence-electron chi connectivity index (χ2n) is 8.69. The Bertz CT molecular complexity index is 584. The second-order valence-corrected chi connectivity index (χ2v) is 8.69. The number of ether oxygens (including phenoxy) is 1. The number of rotatable bonds is 13. The quantitative estimate of drug-likeness (QED) is 0.258. The number of carbonyl (C=O) groups is 3. The number of unbranched alkanes of at least 4 members (excludes halogenated alkanes) is 3. The number of ketones is 1. The van der Waals surface area contributed by atoms with Crippen molar-refractivity contribution in [1.82, 2.24) is 10.6 Å². The highest BCUT2D eigenvalue weighted by atomic mass is 17.2. The molecule has 0 heterocycles. The van der Waals surface area contributed by atoms with Gasteiger partial charge in [-0.3, -0.25) is 9.59 Å². The Balaban J connectivity index is 1.79. The molecule has 0 aromatic rings. The number of amides is 2. The molecule has 0 aromatic heterocycles. The Labute approximate surface area is 186 Å². The van der Waals surface area contributed by atoms with Gasteiger partial charge >= 0.3 is 6.09 Å². The van der Waals surface area contributed by atoms with Crippen LogP contribution in [0.15, 0.2) is 0 Å². The highest BCUT2D eigenvalue weighted by molar-refractivity contribution is 5.89. The average molecular weight is 441 g/mol. The molecule has 8 heteroatoms. The lowest BCUT2D eigenvalue weighted by Gasteiger charge is -2.49. The number of methoxy groups -OCH3 is 1. The van der Waals surface area contributed by atoms with Gasteiger partial charge in [0.1, 0.15) is 5.78 Å². The Kier molecular flexibility index (Phi) is 11.3. The van der Waals surface area contributed by atoms with E-state index in [2.05, 4.69) is 15.4 Å². The third-order valence-corrected chi connectivity index (χ3v) is 6.82. The van der Waals surface area contributed by atoms with Gasteiger partial charge in [0.25, 0.3) is 0 Å². The molecule has 2 aliphatic rings. The Morgan fingerprint density at radius 2 is 1.77 bits per heavy atom. The fraction of sp³-hybridized carbons (Fsp3) is 0.870. The summed E-state index contributed by atoms with van der Waals surface area (Å²) in [7, 11) is 1.35. The van der Waals surface area contributed by atoms with Crippen molar-refractivity contribution in [3.8, 4) is 0 Å². The fourth-order valence-corrected chi connectivity index (χ4v) is 5.24. The normalized spacial score (nSPS) is 25.5. The Morgan fingerprint density at radius 1 is 1.03 bits per heavy atom. The second kappa shape index (κ2) is 13.7. The highest BCUT2D eigenvalue weighted by Gasteiger charge is 2.53. The van der Waals surface area contributed by atoms with Crippen molar-refractivity contribution in [1.29, 1.82) is 0 Å². The topological polar surface area (TPSA) is 103 Å². The molecule has 2 amide bonds. The van der Waals surface area contributed by atoms with Crippen LogP contribution in [-0.2, 0) is 24.1 Å². The van der Waals surface area contributed by atoms with Gasteiger partial charge in [0, 0.05) is 25.4 Å². The van der Waals surface area contributed by atoms with Crippen molar-refractivity contribution in [3.05, 3.63) is 0 Å². The van der Waals surface area contributed by atoms with Crippen LogP contribution in [-0.4, -0.2) is 51.2 Å². The lowest BCUT2D eigenvalue weighted by Crippen LogP contribution is -2.54. The molecule has 0 radical (unpaired) electrons. The predicted molar refractivity (Wildman–Crippen MR) is 116 cm³/mol. The van der Waals surface area contributed by atoms with E-state index in [1.807, 2.05) is 6.92 Å². The third kappa shape index (κ3) is 7.45. The van der Waals surface area contributed by atoms with Crippen LogP contribution in [0.25, 0.3) is 0 Å². The molecule has 0 unspecified atom stereocenters. The van der Waals surface area contributed by atoms with Crippen LogP contribution in [0.2, 0.25) is 0 Å². The van der Waals surface area contributed by atoms with Gasteiger partial charge < -0.3 is 15.4 Å². The van der Waals surface area contributed by atoms with Gasteiger partial charge in [-0.15, -0.1) is 0 Å². The molecule has 0 bridgehead atoms. The summed E-state index contributed by atoms with van der Waals surface area (Å²) in [5.41, 5.74) is -0.410. The van der Waals surface area contributed by atoms with Gasteiger partial charge in [-0.05, 0) is 51.4 Å². The SMILES string of the molecule is CCOOCC[C@H]1C(=O)CC[C@@]2(C(=O)NCCCCCCNC(=O)OC)CCCC[C@H]12. The van der Waals surface area contributed by atoms with Gasteiger partial charge in [0.15, 0.2) is 0 Å². The molecule has 3 atom stereocenters.